The Labute approximate surface area is 187 Å². The Balaban J connectivity index is 1.54. The van der Waals surface area contributed by atoms with Crippen LogP contribution in [0.5, 0.6) is 0 Å². The van der Waals surface area contributed by atoms with E-state index in [9.17, 15) is 4.79 Å². The van der Waals surface area contributed by atoms with Gasteiger partial charge in [0.05, 0.1) is 11.4 Å². The van der Waals surface area contributed by atoms with Gasteiger partial charge < -0.3 is 15.1 Å². The minimum atomic E-state index is 0.0444. The third kappa shape index (κ3) is 3.97. The smallest absolute Gasteiger partial charge is 0.224 e. The van der Waals surface area contributed by atoms with Crippen LogP contribution in [0.25, 0.3) is 10.9 Å². The van der Waals surface area contributed by atoms with Crippen molar-refractivity contribution in [1.29, 1.82) is 0 Å². The maximum Gasteiger partial charge on any atom is 0.224 e. The van der Waals surface area contributed by atoms with Crippen LogP contribution < -0.4 is 15.1 Å². The minimum absolute atomic E-state index is 0.0444. The molecule has 1 fully saturated rings. The lowest BCUT2D eigenvalue weighted by Crippen LogP contribution is -2.30. The molecule has 1 aromatic heterocycles. The fraction of sp³-hybridized carbons (Fsp3) is 0.360. The number of rotatable bonds is 3. The molecule has 5 nitrogen and oxygen atoms in total. The van der Waals surface area contributed by atoms with Gasteiger partial charge in [-0.1, -0.05) is 29.8 Å². The Morgan fingerprint density at radius 2 is 2.00 bits per heavy atom. The van der Waals surface area contributed by atoms with Crippen LogP contribution in [-0.2, 0) is 11.3 Å². The number of nitrogens with one attached hydrogen (secondary N) is 1. The Bertz CT molecular complexity index is 1130. The summed E-state index contributed by atoms with van der Waals surface area (Å²) in [6, 6.07) is 17.4. The number of nitrogens with zero attached hydrogens (tertiary/aromatic N) is 3. The first-order valence-corrected chi connectivity index (χ1v) is 11.9. The first-order chi connectivity index (χ1) is 15.1. The molecule has 0 bridgehead atoms. The van der Waals surface area contributed by atoms with Gasteiger partial charge in [0, 0.05) is 61.0 Å². The molecule has 0 aliphatic carbocycles. The molecule has 3 heterocycles. The van der Waals surface area contributed by atoms with E-state index in [1.165, 1.54) is 27.1 Å². The number of hydrogen-bond acceptors (Lipinski definition) is 5. The van der Waals surface area contributed by atoms with E-state index in [1.54, 1.807) is 7.05 Å². The highest BCUT2D eigenvalue weighted by atomic mass is 32.2. The van der Waals surface area contributed by atoms with Crippen molar-refractivity contribution in [3.8, 4) is 0 Å². The number of fused-ring (bicyclic) bond motifs is 2. The predicted molar refractivity (Wildman–Crippen MR) is 129 cm³/mol. The third-order valence-electron chi connectivity index (χ3n) is 6.35. The molecule has 1 unspecified atom stereocenters. The third-order valence-corrected chi connectivity index (χ3v) is 7.45. The molecular formula is C25H28N4OS. The van der Waals surface area contributed by atoms with Gasteiger partial charge in [-0.2, -0.15) is 0 Å². The molecule has 0 radical (unpaired) electrons. The molecule has 1 amide bonds. The van der Waals surface area contributed by atoms with E-state index in [4.69, 9.17) is 4.98 Å². The number of carbonyl (C=O) groups excluding carboxylic acids is 1. The van der Waals surface area contributed by atoms with Gasteiger partial charge in [0.2, 0.25) is 5.91 Å². The summed E-state index contributed by atoms with van der Waals surface area (Å²) in [6.45, 7) is 5.60. The van der Waals surface area contributed by atoms with Gasteiger partial charge in [-0.15, -0.1) is 11.8 Å². The van der Waals surface area contributed by atoms with Gasteiger partial charge in [0.1, 0.15) is 5.82 Å². The summed E-state index contributed by atoms with van der Waals surface area (Å²) in [4.78, 5) is 23.4. The number of amides is 1. The molecule has 1 saturated heterocycles. The second-order valence-corrected chi connectivity index (χ2v) is 9.58. The van der Waals surface area contributed by atoms with Crippen molar-refractivity contribution in [2.24, 2.45) is 5.92 Å². The maximum absolute atomic E-state index is 12.2. The summed E-state index contributed by atoms with van der Waals surface area (Å²) >= 11 is 1.92. The quantitative estimate of drug-likeness (QED) is 0.671. The zero-order valence-corrected chi connectivity index (χ0v) is 18.9. The van der Waals surface area contributed by atoms with Crippen molar-refractivity contribution in [3.63, 3.8) is 0 Å². The van der Waals surface area contributed by atoms with Crippen LogP contribution in [0.4, 0.5) is 11.5 Å². The second-order valence-electron chi connectivity index (χ2n) is 8.44. The molecule has 2 aromatic carbocycles. The topological polar surface area (TPSA) is 48.5 Å². The Morgan fingerprint density at radius 3 is 2.87 bits per heavy atom. The fourth-order valence-corrected chi connectivity index (χ4v) is 5.67. The van der Waals surface area contributed by atoms with Crippen molar-refractivity contribution in [3.05, 3.63) is 59.7 Å². The van der Waals surface area contributed by atoms with Crippen molar-refractivity contribution in [2.45, 2.75) is 24.8 Å². The van der Waals surface area contributed by atoms with Crippen LogP contribution in [0.2, 0.25) is 0 Å². The molecule has 160 valence electrons. The van der Waals surface area contributed by atoms with Crippen LogP contribution in [-0.4, -0.2) is 43.3 Å². The average molecular weight is 433 g/mol. The van der Waals surface area contributed by atoms with E-state index in [-0.39, 0.29) is 11.8 Å². The SMILES string of the molecule is CNC(=O)C1CCN(c2cc(N3CCSc4ccccc4C3)nc3ccc(C)cc23)C1. The summed E-state index contributed by atoms with van der Waals surface area (Å²) in [5.74, 6) is 2.25. The molecular weight excluding hydrogens is 404 g/mol. The summed E-state index contributed by atoms with van der Waals surface area (Å²) in [7, 11) is 1.73. The first-order valence-electron chi connectivity index (χ1n) is 11.0. The van der Waals surface area contributed by atoms with Gasteiger partial charge in [-0.3, -0.25) is 4.79 Å². The van der Waals surface area contributed by atoms with Gasteiger partial charge in [0.15, 0.2) is 0 Å². The monoisotopic (exact) mass is 432 g/mol. The average Bonchev–Trinajstić information content (AvgIpc) is 3.18. The zero-order chi connectivity index (χ0) is 21.4. The van der Waals surface area contributed by atoms with Crippen molar-refractivity contribution in [2.75, 3.05) is 42.2 Å². The molecule has 1 atom stereocenters. The molecule has 0 spiro atoms. The molecule has 31 heavy (non-hydrogen) atoms. The van der Waals surface area contributed by atoms with Crippen molar-refractivity contribution < 1.29 is 4.79 Å². The maximum atomic E-state index is 12.2. The van der Waals surface area contributed by atoms with Crippen LogP contribution in [0.3, 0.4) is 0 Å². The predicted octanol–water partition coefficient (Wildman–Crippen LogP) is 4.23. The van der Waals surface area contributed by atoms with Crippen LogP contribution >= 0.6 is 11.8 Å². The highest BCUT2D eigenvalue weighted by molar-refractivity contribution is 7.99. The number of pyridine rings is 1. The number of carbonyl (C=O) groups is 1. The van der Waals surface area contributed by atoms with Crippen molar-refractivity contribution in [1.82, 2.24) is 10.3 Å². The number of hydrogen-bond donors (Lipinski definition) is 1. The molecule has 0 saturated carbocycles. The van der Waals surface area contributed by atoms with Gasteiger partial charge in [-0.25, -0.2) is 4.98 Å². The highest BCUT2D eigenvalue weighted by Gasteiger charge is 2.29. The first kappa shape index (κ1) is 20.2. The number of thioether (sulfide) groups is 1. The van der Waals surface area contributed by atoms with E-state index in [0.717, 1.165) is 49.7 Å². The van der Waals surface area contributed by atoms with Crippen molar-refractivity contribution >= 4 is 40.1 Å². The number of benzene rings is 2. The normalized spacial score (nSPS) is 18.7. The minimum Gasteiger partial charge on any atom is -0.370 e. The molecule has 1 N–H and O–H groups in total. The van der Waals surface area contributed by atoms with Gasteiger partial charge in [0.25, 0.3) is 0 Å². The lowest BCUT2D eigenvalue weighted by molar-refractivity contribution is -0.123. The standard InChI is InChI=1S/C25H28N4OS/c1-17-7-8-21-20(13-17)22(28-10-9-19(16-28)25(30)26-2)14-24(27-21)29-11-12-31-23-6-4-3-5-18(23)15-29/h3-8,13-14,19H,9-12,15-16H2,1-2H3,(H,26,30). The molecule has 6 heteroatoms. The lowest BCUT2D eigenvalue weighted by Gasteiger charge is -2.26. The Morgan fingerprint density at radius 1 is 1.13 bits per heavy atom. The number of aromatic nitrogens is 1. The van der Waals surface area contributed by atoms with Crippen LogP contribution in [0, 0.1) is 12.8 Å². The molecule has 3 aromatic rings. The van der Waals surface area contributed by atoms with E-state index in [2.05, 4.69) is 70.6 Å². The summed E-state index contributed by atoms with van der Waals surface area (Å²) in [5, 5.41) is 3.99. The summed E-state index contributed by atoms with van der Waals surface area (Å²) < 4.78 is 0. The van der Waals surface area contributed by atoms with Gasteiger partial charge in [-0.05, 0) is 37.1 Å². The number of aryl methyl sites for hydroxylation is 1. The molecule has 5 rings (SSSR count). The van der Waals surface area contributed by atoms with E-state index >= 15 is 0 Å². The fourth-order valence-electron chi connectivity index (χ4n) is 4.65. The second kappa shape index (κ2) is 8.42. The van der Waals surface area contributed by atoms with E-state index in [1.807, 2.05) is 11.8 Å². The largest absolute Gasteiger partial charge is 0.370 e. The lowest BCUT2D eigenvalue weighted by atomic mass is 10.1. The van der Waals surface area contributed by atoms with E-state index < -0.39 is 0 Å². The summed E-state index contributed by atoms with van der Waals surface area (Å²) in [5.41, 5.74) is 4.80. The molecule has 2 aliphatic heterocycles. The highest BCUT2D eigenvalue weighted by Crippen LogP contribution is 2.36. The van der Waals surface area contributed by atoms with E-state index in [0.29, 0.717) is 0 Å². The molecule has 2 aliphatic rings. The number of anilines is 2. The summed E-state index contributed by atoms with van der Waals surface area (Å²) in [6.07, 6.45) is 0.887. The Kier molecular flexibility index (Phi) is 5.48. The Hall–Kier alpha value is -2.73. The van der Waals surface area contributed by atoms with Crippen LogP contribution in [0.1, 0.15) is 17.5 Å². The van der Waals surface area contributed by atoms with Gasteiger partial charge >= 0.3 is 0 Å². The zero-order valence-electron chi connectivity index (χ0n) is 18.1. The van der Waals surface area contributed by atoms with Crippen LogP contribution in [0.15, 0.2) is 53.4 Å².